The van der Waals surface area contributed by atoms with Crippen molar-refractivity contribution in [3.63, 3.8) is 0 Å². The Balaban J connectivity index is 2.78. The molecule has 0 unspecified atom stereocenters. The average Bonchev–Trinajstić information content (AvgIpc) is 2.42. The lowest BCUT2D eigenvalue weighted by molar-refractivity contribution is 0.112. The Morgan fingerprint density at radius 3 is 3.20 bits per heavy atom. The minimum Gasteiger partial charge on any atom is -0.298 e. The summed E-state index contributed by atoms with van der Waals surface area (Å²) in [5.74, 6) is 0. The van der Waals surface area contributed by atoms with Crippen molar-refractivity contribution in [1.82, 2.24) is 3.79 Å². The van der Waals surface area contributed by atoms with Gasteiger partial charge in [0.1, 0.15) is 0 Å². The van der Waals surface area contributed by atoms with Crippen molar-refractivity contribution >= 4 is 23.3 Å². The molecule has 0 aliphatic carbocycles. The molecule has 3 heteroatoms. The first kappa shape index (κ1) is 5.68. The highest BCUT2D eigenvalue weighted by atomic mass is 32.1. The summed E-state index contributed by atoms with van der Waals surface area (Å²) in [4.78, 5) is 10.3. The summed E-state index contributed by atoms with van der Waals surface area (Å²) >= 11 is 1.58. The highest BCUT2D eigenvalue weighted by molar-refractivity contribution is 7.04. The van der Waals surface area contributed by atoms with Gasteiger partial charge < -0.3 is 0 Å². The van der Waals surface area contributed by atoms with E-state index in [2.05, 4.69) is 0 Å². The van der Waals surface area contributed by atoms with Crippen LogP contribution in [-0.4, -0.2) is 10.1 Å². The van der Waals surface area contributed by atoms with E-state index in [0.29, 0.717) is 0 Å². The lowest BCUT2D eigenvalue weighted by atomic mass is 10.4. The third-order valence-electron chi connectivity index (χ3n) is 1.38. The molecule has 0 amide bonds. The van der Waals surface area contributed by atoms with Crippen molar-refractivity contribution in [2.75, 3.05) is 0 Å². The minimum absolute atomic E-state index is 0.742. The molecule has 50 valence electrons. The van der Waals surface area contributed by atoms with Crippen LogP contribution in [0.25, 0.3) is 5.52 Å². The monoisotopic (exact) mass is 151 g/mol. The van der Waals surface area contributed by atoms with E-state index in [1.165, 1.54) is 0 Å². The van der Waals surface area contributed by atoms with Crippen LogP contribution in [0.4, 0.5) is 0 Å². The van der Waals surface area contributed by atoms with E-state index in [9.17, 15) is 4.79 Å². The van der Waals surface area contributed by atoms with Crippen LogP contribution in [-0.2, 0) is 0 Å². The Morgan fingerprint density at radius 2 is 2.50 bits per heavy atom. The molecule has 0 atom stereocenters. The fourth-order valence-corrected chi connectivity index (χ4v) is 1.67. The largest absolute Gasteiger partial charge is 0.298 e. The molecule has 0 N–H and O–H groups in total. The lowest BCUT2D eigenvalue weighted by Gasteiger charge is -1.74. The highest BCUT2D eigenvalue weighted by Crippen LogP contribution is 2.12. The van der Waals surface area contributed by atoms with Gasteiger partial charge >= 0.3 is 0 Å². The number of rotatable bonds is 1. The normalized spacial score (nSPS) is 10.4. The van der Waals surface area contributed by atoms with E-state index in [-0.39, 0.29) is 0 Å². The van der Waals surface area contributed by atoms with Gasteiger partial charge in [0.2, 0.25) is 0 Å². The van der Waals surface area contributed by atoms with Crippen LogP contribution in [0.2, 0.25) is 0 Å². The van der Waals surface area contributed by atoms with Gasteiger partial charge in [-0.15, -0.1) is 0 Å². The summed E-state index contributed by atoms with van der Waals surface area (Å²) in [5.41, 5.74) is 1.83. The maximum Gasteiger partial charge on any atom is 0.151 e. The Hall–Kier alpha value is -1.09. The van der Waals surface area contributed by atoms with Gasteiger partial charge in [0.15, 0.2) is 6.29 Å². The van der Waals surface area contributed by atoms with E-state index in [4.69, 9.17) is 0 Å². The van der Waals surface area contributed by atoms with E-state index < -0.39 is 0 Å². The number of hydrogen-bond donors (Lipinski definition) is 0. The van der Waals surface area contributed by atoms with E-state index in [1.54, 1.807) is 11.5 Å². The minimum atomic E-state index is 0.742. The maximum atomic E-state index is 10.3. The predicted octanol–water partition coefficient (Wildman–Crippen LogP) is 1.81. The zero-order chi connectivity index (χ0) is 6.97. The second-order valence-electron chi connectivity index (χ2n) is 2.05. The van der Waals surface area contributed by atoms with Crippen molar-refractivity contribution in [3.8, 4) is 0 Å². The van der Waals surface area contributed by atoms with Crippen LogP contribution in [0.3, 0.4) is 0 Å². The quantitative estimate of drug-likeness (QED) is 0.569. The van der Waals surface area contributed by atoms with Gasteiger partial charge in [-0.3, -0.25) is 8.58 Å². The number of aromatic nitrogens is 1. The molecule has 2 rings (SSSR count). The van der Waals surface area contributed by atoms with E-state index in [0.717, 1.165) is 17.4 Å². The van der Waals surface area contributed by atoms with Gasteiger partial charge in [-0.1, -0.05) is 11.5 Å². The molecule has 0 spiro atoms. The standard InChI is InChI=1S/C7H5NOS/c9-5-6-3-7-1-2-10-8(7)4-6/h1-5H. The number of fused-ring (bicyclic) bond motifs is 1. The third kappa shape index (κ3) is 0.675. The first-order valence-corrected chi connectivity index (χ1v) is 3.75. The van der Waals surface area contributed by atoms with Gasteiger partial charge in [0.25, 0.3) is 0 Å². The number of carbonyl (C=O) groups excluding carboxylic acids is 1. The first-order chi connectivity index (χ1) is 4.90. The van der Waals surface area contributed by atoms with Crippen LogP contribution >= 0.6 is 11.5 Å². The van der Waals surface area contributed by atoms with Crippen molar-refractivity contribution in [1.29, 1.82) is 0 Å². The summed E-state index contributed by atoms with van der Waals surface area (Å²) in [6.45, 7) is 0. The molecule has 2 heterocycles. The summed E-state index contributed by atoms with van der Waals surface area (Å²) in [7, 11) is 0. The molecular formula is C7H5NOS. The molecule has 2 nitrogen and oxygen atoms in total. The smallest absolute Gasteiger partial charge is 0.151 e. The van der Waals surface area contributed by atoms with Crippen LogP contribution in [0.15, 0.2) is 23.7 Å². The predicted molar refractivity (Wildman–Crippen MR) is 40.7 cm³/mol. The van der Waals surface area contributed by atoms with Crippen LogP contribution < -0.4 is 0 Å². The summed E-state index contributed by atoms with van der Waals surface area (Å²) in [6, 6.07) is 3.85. The summed E-state index contributed by atoms with van der Waals surface area (Å²) < 4.78 is 1.96. The van der Waals surface area contributed by atoms with Gasteiger partial charge in [0.05, 0.1) is 5.52 Å². The lowest BCUT2D eigenvalue weighted by Crippen LogP contribution is -1.68. The van der Waals surface area contributed by atoms with Gasteiger partial charge in [-0.2, -0.15) is 0 Å². The van der Waals surface area contributed by atoms with Gasteiger partial charge in [0, 0.05) is 17.1 Å². The number of carbonyl (C=O) groups is 1. The Labute approximate surface area is 61.9 Å². The van der Waals surface area contributed by atoms with E-state index in [1.807, 2.05) is 27.5 Å². The SMILES string of the molecule is O=Cc1cc2ccsn2c1. The van der Waals surface area contributed by atoms with Crippen LogP contribution in [0.5, 0.6) is 0 Å². The molecule has 0 aliphatic heterocycles. The molecule has 10 heavy (non-hydrogen) atoms. The van der Waals surface area contributed by atoms with Crippen molar-refractivity contribution in [2.45, 2.75) is 0 Å². The topological polar surface area (TPSA) is 21.5 Å². The van der Waals surface area contributed by atoms with Gasteiger partial charge in [-0.05, 0) is 12.1 Å². The molecule has 0 bridgehead atoms. The number of nitrogens with zero attached hydrogens (tertiary/aromatic N) is 1. The average molecular weight is 151 g/mol. The fraction of sp³-hybridized carbons (Fsp3) is 0. The molecule has 0 radical (unpaired) electrons. The molecule has 0 saturated heterocycles. The Morgan fingerprint density at radius 1 is 1.60 bits per heavy atom. The van der Waals surface area contributed by atoms with Gasteiger partial charge in [-0.25, -0.2) is 0 Å². The van der Waals surface area contributed by atoms with Crippen molar-refractivity contribution in [2.24, 2.45) is 0 Å². The van der Waals surface area contributed by atoms with Crippen LogP contribution in [0, 0.1) is 0 Å². The fourth-order valence-electron chi connectivity index (χ4n) is 0.925. The highest BCUT2D eigenvalue weighted by Gasteiger charge is 1.96. The molecule has 2 aromatic heterocycles. The summed E-state index contributed by atoms with van der Waals surface area (Å²) in [6.07, 6.45) is 2.69. The Bertz CT molecular complexity index is 332. The van der Waals surface area contributed by atoms with E-state index >= 15 is 0 Å². The third-order valence-corrected chi connectivity index (χ3v) is 2.19. The molecule has 0 fully saturated rings. The number of aldehydes is 1. The van der Waals surface area contributed by atoms with Crippen molar-refractivity contribution in [3.05, 3.63) is 29.3 Å². The first-order valence-electron chi connectivity index (χ1n) is 2.91. The molecular weight excluding hydrogens is 146 g/mol. The molecule has 0 saturated carbocycles. The van der Waals surface area contributed by atoms with Crippen LogP contribution in [0.1, 0.15) is 10.4 Å². The molecule has 0 aromatic carbocycles. The second-order valence-corrected chi connectivity index (χ2v) is 2.93. The zero-order valence-electron chi connectivity index (χ0n) is 5.15. The molecule has 0 aliphatic rings. The Kier molecular flexibility index (Phi) is 1.11. The number of hydrogen-bond acceptors (Lipinski definition) is 2. The molecule has 2 aromatic rings. The van der Waals surface area contributed by atoms with Crippen molar-refractivity contribution < 1.29 is 4.79 Å². The summed E-state index contributed by atoms with van der Waals surface area (Å²) in [5, 5.41) is 1.99. The zero-order valence-corrected chi connectivity index (χ0v) is 5.97. The second kappa shape index (κ2) is 1.95. The maximum absolute atomic E-state index is 10.3.